The summed E-state index contributed by atoms with van der Waals surface area (Å²) < 4.78 is 5.31. The third kappa shape index (κ3) is 3.04. The van der Waals surface area contributed by atoms with Crippen molar-refractivity contribution in [2.75, 3.05) is 0 Å². The van der Waals surface area contributed by atoms with Gasteiger partial charge in [0.2, 0.25) is 11.9 Å². The summed E-state index contributed by atoms with van der Waals surface area (Å²) in [5, 5.41) is 22.8. The lowest BCUT2D eigenvalue weighted by Gasteiger charge is -2.02. The summed E-state index contributed by atoms with van der Waals surface area (Å²) in [5.74, 6) is -0.374. The van der Waals surface area contributed by atoms with Crippen LogP contribution in [0.1, 0.15) is 5.76 Å². The normalized spacial score (nSPS) is 11.6. The van der Waals surface area contributed by atoms with Crippen molar-refractivity contribution in [3.05, 3.63) is 61.5 Å². The Bertz CT molecular complexity index is 666. The Labute approximate surface area is 117 Å². The molecule has 0 saturated heterocycles. The van der Waals surface area contributed by atoms with E-state index in [2.05, 4.69) is 0 Å². The van der Waals surface area contributed by atoms with Crippen LogP contribution < -0.4 is 0 Å². The second-order valence-corrected chi connectivity index (χ2v) is 4.30. The van der Waals surface area contributed by atoms with Gasteiger partial charge in [0.25, 0.3) is 0 Å². The molecule has 0 bridgehead atoms. The van der Waals surface area contributed by atoms with Gasteiger partial charge in [-0.1, -0.05) is 23.2 Å². The second-order valence-electron chi connectivity index (χ2n) is 3.49. The molecule has 0 unspecified atom stereocenters. The van der Waals surface area contributed by atoms with Crippen LogP contribution in [0, 0.1) is 15.3 Å². The van der Waals surface area contributed by atoms with E-state index in [1.54, 1.807) is 0 Å². The fourth-order valence-corrected chi connectivity index (χ4v) is 1.61. The van der Waals surface area contributed by atoms with Crippen LogP contribution in [-0.2, 0) is 0 Å². The molecule has 2 aromatic rings. The molecular weight excluding hydrogens is 295 g/mol. The summed E-state index contributed by atoms with van der Waals surface area (Å²) in [7, 11) is 0. The van der Waals surface area contributed by atoms with E-state index >= 15 is 0 Å². The molecule has 0 saturated carbocycles. The fraction of sp³-hybridized carbons (Fsp3) is 0. The van der Waals surface area contributed by atoms with E-state index in [1.807, 2.05) is 0 Å². The molecule has 0 fully saturated rings. The van der Waals surface area contributed by atoms with Crippen molar-refractivity contribution in [1.29, 1.82) is 0 Å². The van der Waals surface area contributed by atoms with E-state index in [9.17, 15) is 15.3 Å². The molecular formula is C11H6Cl2N2O4. The average Bonchev–Trinajstić information content (AvgIpc) is 2.81. The lowest BCUT2D eigenvalue weighted by Crippen LogP contribution is -1.97. The van der Waals surface area contributed by atoms with Crippen molar-refractivity contribution < 1.29 is 14.1 Å². The monoisotopic (exact) mass is 300 g/mol. The number of rotatable bonds is 3. The molecule has 0 spiro atoms. The maximum Gasteiger partial charge on any atom is 0.433 e. The van der Waals surface area contributed by atoms with Gasteiger partial charge in [-0.2, -0.15) is 4.74 Å². The molecule has 2 rings (SSSR count). The van der Waals surface area contributed by atoms with Crippen molar-refractivity contribution >= 4 is 41.0 Å². The Morgan fingerprint density at radius 2 is 1.84 bits per heavy atom. The number of benzene rings is 1. The molecule has 0 amide bonds. The standard InChI is InChI=1S/C11H6Cl2N2O4/c12-9-3-1-7(5-10(9)13)14(16)6-8-2-4-11(19-8)15(17)18/h1-6H. The number of hydrogen-bond donors (Lipinski definition) is 0. The van der Waals surface area contributed by atoms with Crippen LogP contribution in [0.15, 0.2) is 34.7 Å². The van der Waals surface area contributed by atoms with E-state index in [0.717, 1.165) is 12.3 Å². The highest BCUT2D eigenvalue weighted by Gasteiger charge is 2.13. The predicted molar refractivity (Wildman–Crippen MR) is 70.3 cm³/mol. The van der Waals surface area contributed by atoms with Crippen molar-refractivity contribution in [3.63, 3.8) is 0 Å². The van der Waals surface area contributed by atoms with Crippen LogP contribution in [-0.4, -0.2) is 15.9 Å². The Hall–Kier alpha value is -2.05. The summed E-state index contributed by atoms with van der Waals surface area (Å²) >= 11 is 11.5. The number of halogens is 2. The number of nitrogens with zero attached hydrogens (tertiary/aromatic N) is 2. The van der Waals surface area contributed by atoms with Crippen molar-refractivity contribution in [3.8, 4) is 0 Å². The molecule has 0 aliphatic rings. The fourth-order valence-electron chi connectivity index (χ4n) is 1.32. The Balaban J connectivity index is 2.31. The van der Waals surface area contributed by atoms with Crippen molar-refractivity contribution in [2.45, 2.75) is 0 Å². The summed E-state index contributed by atoms with van der Waals surface area (Å²) in [6, 6.07) is 6.80. The summed E-state index contributed by atoms with van der Waals surface area (Å²) in [5.41, 5.74) is 0.230. The van der Waals surface area contributed by atoms with E-state index in [0.29, 0.717) is 9.76 Å². The summed E-state index contributed by atoms with van der Waals surface area (Å²) in [6.45, 7) is 0. The SMILES string of the molecule is O=[N+]([O-])c1ccc(C=[N+]([O-])c2ccc(Cl)c(Cl)c2)o1. The topological polar surface area (TPSA) is 82.3 Å². The largest absolute Gasteiger partial charge is 0.618 e. The van der Waals surface area contributed by atoms with Gasteiger partial charge in [-0.25, -0.2) is 0 Å². The molecule has 8 heteroatoms. The minimum absolute atomic E-state index is 0.0628. The van der Waals surface area contributed by atoms with Gasteiger partial charge in [0.1, 0.15) is 4.92 Å². The number of furan rings is 1. The third-order valence-electron chi connectivity index (χ3n) is 2.19. The van der Waals surface area contributed by atoms with Crippen LogP contribution in [0.2, 0.25) is 10.0 Å². The van der Waals surface area contributed by atoms with E-state index in [-0.39, 0.29) is 16.5 Å². The molecule has 0 aliphatic heterocycles. The molecule has 0 radical (unpaired) electrons. The molecule has 98 valence electrons. The number of nitro groups is 1. The minimum Gasteiger partial charge on any atom is -0.618 e. The van der Waals surface area contributed by atoms with E-state index in [1.165, 1.54) is 24.3 Å². The van der Waals surface area contributed by atoms with Crippen LogP contribution in [0.25, 0.3) is 0 Å². The van der Waals surface area contributed by atoms with Crippen LogP contribution in [0.3, 0.4) is 0 Å². The van der Waals surface area contributed by atoms with Gasteiger partial charge in [-0.05, 0) is 12.1 Å². The molecule has 0 aliphatic carbocycles. The Morgan fingerprint density at radius 1 is 1.11 bits per heavy atom. The highest BCUT2D eigenvalue weighted by molar-refractivity contribution is 6.42. The summed E-state index contributed by atoms with van der Waals surface area (Å²) in [4.78, 5) is 9.74. The average molecular weight is 301 g/mol. The molecule has 0 N–H and O–H groups in total. The van der Waals surface area contributed by atoms with Gasteiger partial charge in [0.15, 0.2) is 5.76 Å². The maximum atomic E-state index is 11.8. The quantitative estimate of drug-likeness (QED) is 0.284. The molecule has 1 heterocycles. The zero-order valence-corrected chi connectivity index (χ0v) is 10.8. The van der Waals surface area contributed by atoms with Crippen LogP contribution in [0.4, 0.5) is 11.6 Å². The van der Waals surface area contributed by atoms with Gasteiger partial charge < -0.3 is 9.62 Å². The first-order chi connectivity index (χ1) is 8.97. The first kappa shape index (κ1) is 13.4. The minimum atomic E-state index is -0.689. The molecule has 1 aromatic heterocycles. The van der Waals surface area contributed by atoms with Crippen molar-refractivity contribution in [1.82, 2.24) is 0 Å². The van der Waals surface area contributed by atoms with Gasteiger partial charge in [0.05, 0.1) is 16.1 Å². The van der Waals surface area contributed by atoms with Gasteiger partial charge in [0, 0.05) is 12.1 Å². The molecule has 0 atom stereocenters. The lowest BCUT2D eigenvalue weighted by atomic mass is 10.3. The van der Waals surface area contributed by atoms with E-state index < -0.39 is 10.8 Å². The Morgan fingerprint density at radius 3 is 2.42 bits per heavy atom. The summed E-state index contributed by atoms with van der Waals surface area (Å²) in [6.07, 6.45) is 1.06. The molecule has 19 heavy (non-hydrogen) atoms. The van der Waals surface area contributed by atoms with Gasteiger partial charge >= 0.3 is 5.88 Å². The molecule has 6 nitrogen and oxygen atoms in total. The maximum absolute atomic E-state index is 11.8. The second kappa shape index (κ2) is 5.29. The number of hydrogen-bond acceptors (Lipinski definition) is 4. The van der Waals surface area contributed by atoms with Crippen molar-refractivity contribution in [2.24, 2.45) is 0 Å². The van der Waals surface area contributed by atoms with Crippen LogP contribution in [0.5, 0.6) is 0 Å². The smallest absolute Gasteiger partial charge is 0.433 e. The predicted octanol–water partition coefficient (Wildman–Crippen LogP) is 3.76. The van der Waals surface area contributed by atoms with Gasteiger partial charge in [-0.15, -0.1) is 0 Å². The zero-order chi connectivity index (χ0) is 14.0. The highest BCUT2D eigenvalue weighted by atomic mass is 35.5. The highest BCUT2D eigenvalue weighted by Crippen LogP contribution is 2.26. The lowest BCUT2D eigenvalue weighted by molar-refractivity contribution is -0.402. The van der Waals surface area contributed by atoms with Gasteiger partial charge in [-0.3, -0.25) is 10.1 Å². The Kier molecular flexibility index (Phi) is 3.73. The first-order valence-electron chi connectivity index (χ1n) is 4.98. The van der Waals surface area contributed by atoms with Crippen LogP contribution >= 0.6 is 23.2 Å². The molecule has 1 aromatic carbocycles. The van der Waals surface area contributed by atoms with E-state index in [4.69, 9.17) is 27.6 Å². The third-order valence-corrected chi connectivity index (χ3v) is 2.93. The zero-order valence-electron chi connectivity index (χ0n) is 9.25. The first-order valence-corrected chi connectivity index (χ1v) is 5.73.